The Bertz CT molecular complexity index is 499. The second-order valence-electron chi connectivity index (χ2n) is 6.82. The Morgan fingerprint density at radius 1 is 1.22 bits per heavy atom. The third-order valence-corrected chi connectivity index (χ3v) is 5.12. The van der Waals surface area contributed by atoms with Crippen molar-refractivity contribution in [1.29, 1.82) is 0 Å². The van der Waals surface area contributed by atoms with E-state index in [0.717, 1.165) is 31.7 Å². The lowest BCUT2D eigenvalue weighted by atomic mass is 10.1. The number of carbonyl (C=O) groups is 1. The molecular weight excluding hydrogens is 288 g/mol. The van der Waals surface area contributed by atoms with E-state index < -0.39 is 0 Å². The van der Waals surface area contributed by atoms with E-state index in [1.54, 1.807) is 0 Å². The number of ether oxygens (including phenoxy) is 1. The van der Waals surface area contributed by atoms with Gasteiger partial charge in [-0.1, -0.05) is 25.1 Å². The van der Waals surface area contributed by atoms with E-state index in [1.807, 2.05) is 37.3 Å². The summed E-state index contributed by atoms with van der Waals surface area (Å²) in [6.45, 7) is 6.90. The van der Waals surface area contributed by atoms with E-state index in [9.17, 15) is 4.79 Å². The van der Waals surface area contributed by atoms with Crippen LogP contribution in [0.1, 0.15) is 32.6 Å². The number of hydrogen-bond donors (Lipinski definition) is 0. The van der Waals surface area contributed by atoms with Gasteiger partial charge < -0.3 is 9.64 Å². The van der Waals surface area contributed by atoms with Crippen LogP contribution in [0.3, 0.4) is 0 Å². The summed E-state index contributed by atoms with van der Waals surface area (Å²) in [5.41, 5.74) is 0. The van der Waals surface area contributed by atoms with Crippen LogP contribution in [0.4, 0.5) is 0 Å². The van der Waals surface area contributed by atoms with Crippen LogP contribution in [-0.2, 0) is 4.79 Å². The molecule has 1 aromatic rings. The number of carbonyl (C=O) groups excluding carboxylic acids is 1. The van der Waals surface area contributed by atoms with Gasteiger partial charge in [0.05, 0.1) is 6.61 Å². The summed E-state index contributed by atoms with van der Waals surface area (Å²) in [7, 11) is 0. The highest BCUT2D eigenvalue weighted by atomic mass is 16.5. The van der Waals surface area contributed by atoms with Gasteiger partial charge in [0.2, 0.25) is 5.91 Å². The summed E-state index contributed by atoms with van der Waals surface area (Å²) >= 11 is 0. The molecule has 2 aliphatic heterocycles. The first-order valence-corrected chi connectivity index (χ1v) is 8.95. The molecule has 0 radical (unpaired) electrons. The van der Waals surface area contributed by atoms with Crippen LogP contribution >= 0.6 is 0 Å². The van der Waals surface area contributed by atoms with Crippen LogP contribution in [0.15, 0.2) is 30.3 Å². The van der Waals surface area contributed by atoms with E-state index >= 15 is 0 Å². The van der Waals surface area contributed by atoms with Gasteiger partial charge >= 0.3 is 0 Å². The molecule has 0 bridgehead atoms. The highest BCUT2D eigenvalue weighted by Crippen LogP contribution is 2.22. The zero-order valence-corrected chi connectivity index (χ0v) is 14.1. The van der Waals surface area contributed by atoms with Gasteiger partial charge in [-0.25, -0.2) is 0 Å². The molecule has 4 nitrogen and oxygen atoms in total. The molecule has 1 amide bonds. The SMILES string of the molecule is CC(CCOc1ccccc1)C(=O)N1CCC(N2CCCC2)C1. The Balaban J connectivity index is 1.41. The minimum atomic E-state index is 0.0380. The lowest BCUT2D eigenvalue weighted by Gasteiger charge is -2.25. The third-order valence-electron chi connectivity index (χ3n) is 5.12. The van der Waals surface area contributed by atoms with E-state index in [2.05, 4.69) is 9.80 Å². The molecule has 2 aliphatic rings. The molecule has 2 fully saturated rings. The van der Waals surface area contributed by atoms with Gasteiger partial charge in [-0.3, -0.25) is 9.69 Å². The number of amides is 1. The van der Waals surface area contributed by atoms with E-state index in [1.165, 1.54) is 25.9 Å². The summed E-state index contributed by atoms with van der Waals surface area (Å²) in [6.07, 6.45) is 4.55. The van der Waals surface area contributed by atoms with Gasteiger partial charge in [0, 0.05) is 25.0 Å². The molecule has 0 aliphatic carbocycles. The maximum absolute atomic E-state index is 12.6. The molecule has 23 heavy (non-hydrogen) atoms. The minimum absolute atomic E-state index is 0.0380. The quantitative estimate of drug-likeness (QED) is 0.809. The Hall–Kier alpha value is -1.55. The number of hydrogen-bond acceptors (Lipinski definition) is 3. The van der Waals surface area contributed by atoms with Crippen molar-refractivity contribution >= 4 is 5.91 Å². The second kappa shape index (κ2) is 7.82. The van der Waals surface area contributed by atoms with Gasteiger partial charge in [0.1, 0.15) is 5.75 Å². The fourth-order valence-corrected chi connectivity index (χ4v) is 3.65. The first-order chi connectivity index (χ1) is 11.2. The van der Waals surface area contributed by atoms with Crippen molar-refractivity contribution in [2.24, 2.45) is 5.92 Å². The average Bonchev–Trinajstić information content (AvgIpc) is 3.26. The predicted molar refractivity (Wildman–Crippen MR) is 91.5 cm³/mol. The molecule has 2 saturated heterocycles. The molecule has 1 aromatic carbocycles. The maximum atomic E-state index is 12.6. The van der Waals surface area contributed by atoms with Gasteiger partial charge in [0.15, 0.2) is 0 Å². The zero-order valence-electron chi connectivity index (χ0n) is 14.1. The largest absolute Gasteiger partial charge is 0.494 e. The average molecular weight is 316 g/mol. The predicted octanol–water partition coefficient (Wildman–Crippen LogP) is 2.79. The van der Waals surface area contributed by atoms with E-state index in [0.29, 0.717) is 18.6 Å². The molecule has 0 N–H and O–H groups in total. The van der Waals surface area contributed by atoms with Gasteiger partial charge in [0.25, 0.3) is 0 Å². The monoisotopic (exact) mass is 316 g/mol. The Morgan fingerprint density at radius 2 is 1.96 bits per heavy atom. The third kappa shape index (κ3) is 4.25. The van der Waals surface area contributed by atoms with Crippen LogP contribution in [0.5, 0.6) is 5.75 Å². The summed E-state index contributed by atoms with van der Waals surface area (Å²) in [6, 6.07) is 10.4. The van der Waals surface area contributed by atoms with Crippen LogP contribution in [0.2, 0.25) is 0 Å². The van der Waals surface area contributed by atoms with Crippen molar-refractivity contribution in [3.63, 3.8) is 0 Å². The Labute approximate surface area is 139 Å². The minimum Gasteiger partial charge on any atom is -0.494 e. The molecule has 126 valence electrons. The molecule has 2 heterocycles. The van der Waals surface area contributed by atoms with E-state index in [-0.39, 0.29) is 5.92 Å². The smallest absolute Gasteiger partial charge is 0.225 e. The highest BCUT2D eigenvalue weighted by molar-refractivity contribution is 5.78. The Morgan fingerprint density at radius 3 is 2.70 bits per heavy atom. The van der Waals surface area contributed by atoms with Crippen molar-refractivity contribution in [2.45, 2.75) is 38.6 Å². The van der Waals surface area contributed by atoms with Gasteiger partial charge in [-0.05, 0) is 50.9 Å². The maximum Gasteiger partial charge on any atom is 0.225 e. The fraction of sp³-hybridized carbons (Fsp3) is 0.632. The zero-order chi connectivity index (χ0) is 16.1. The molecule has 3 rings (SSSR count). The Kier molecular flexibility index (Phi) is 5.55. The second-order valence-corrected chi connectivity index (χ2v) is 6.82. The summed E-state index contributed by atoms with van der Waals surface area (Å²) < 4.78 is 5.71. The highest BCUT2D eigenvalue weighted by Gasteiger charge is 2.32. The molecular formula is C19H28N2O2. The summed E-state index contributed by atoms with van der Waals surface area (Å²) in [4.78, 5) is 17.2. The molecule has 0 aromatic heterocycles. The normalized spacial score (nSPS) is 23.2. The van der Waals surface area contributed by atoms with Crippen molar-refractivity contribution < 1.29 is 9.53 Å². The van der Waals surface area contributed by atoms with Crippen LogP contribution in [0.25, 0.3) is 0 Å². The van der Waals surface area contributed by atoms with Crippen LogP contribution in [0, 0.1) is 5.92 Å². The first kappa shape index (κ1) is 16.3. The van der Waals surface area contributed by atoms with Crippen molar-refractivity contribution in [3.8, 4) is 5.75 Å². The lowest BCUT2D eigenvalue weighted by Crippen LogP contribution is -2.39. The number of para-hydroxylation sites is 1. The summed E-state index contributed by atoms with van der Waals surface area (Å²) in [5, 5.41) is 0. The fourth-order valence-electron chi connectivity index (χ4n) is 3.65. The van der Waals surface area contributed by atoms with E-state index in [4.69, 9.17) is 4.74 Å². The standard InChI is InChI=1S/C19H28N2O2/c1-16(10-14-23-18-7-3-2-4-8-18)19(22)21-13-9-17(15-21)20-11-5-6-12-20/h2-4,7-8,16-17H,5-6,9-15H2,1H3. The van der Waals surface area contributed by atoms with Crippen LogP contribution < -0.4 is 4.74 Å². The molecule has 0 saturated carbocycles. The molecule has 2 unspecified atom stereocenters. The number of benzene rings is 1. The van der Waals surface area contributed by atoms with Crippen molar-refractivity contribution in [3.05, 3.63) is 30.3 Å². The number of rotatable bonds is 6. The lowest BCUT2D eigenvalue weighted by molar-refractivity contribution is -0.134. The molecule has 4 heteroatoms. The van der Waals surface area contributed by atoms with Gasteiger partial charge in [-0.2, -0.15) is 0 Å². The number of nitrogens with zero attached hydrogens (tertiary/aromatic N) is 2. The van der Waals surface area contributed by atoms with Crippen LogP contribution in [-0.4, -0.2) is 54.5 Å². The van der Waals surface area contributed by atoms with Crippen molar-refractivity contribution in [1.82, 2.24) is 9.80 Å². The van der Waals surface area contributed by atoms with Crippen molar-refractivity contribution in [2.75, 3.05) is 32.8 Å². The molecule has 0 spiro atoms. The first-order valence-electron chi connectivity index (χ1n) is 8.95. The molecule has 2 atom stereocenters. The number of likely N-dealkylation sites (tertiary alicyclic amines) is 2. The topological polar surface area (TPSA) is 32.8 Å². The van der Waals surface area contributed by atoms with Gasteiger partial charge in [-0.15, -0.1) is 0 Å². The summed E-state index contributed by atoms with van der Waals surface area (Å²) in [5.74, 6) is 1.21.